The molecule has 2 aromatic rings. The highest BCUT2D eigenvalue weighted by atomic mass is 19.1. The number of esters is 1. The van der Waals surface area contributed by atoms with Gasteiger partial charge in [-0.3, -0.25) is 4.79 Å². The first-order chi connectivity index (χ1) is 10.6. The van der Waals surface area contributed by atoms with E-state index >= 15 is 0 Å². The molecule has 0 unspecified atom stereocenters. The molecule has 0 aromatic heterocycles. The number of allylic oxidation sites excluding steroid dienone is 1. The van der Waals surface area contributed by atoms with Crippen molar-refractivity contribution < 1.29 is 18.7 Å². The van der Waals surface area contributed by atoms with Crippen LogP contribution in [0.15, 0.2) is 60.7 Å². The van der Waals surface area contributed by atoms with E-state index < -0.39 is 5.97 Å². The van der Waals surface area contributed by atoms with Crippen molar-refractivity contribution in [2.75, 3.05) is 6.61 Å². The molecule has 0 atom stereocenters. The van der Waals surface area contributed by atoms with E-state index in [4.69, 9.17) is 4.74 Å². The molecule has 0 amide bonds. The number of hydrogen-bond donors (Lipinski definition) is 0. The van der Waals surface area contributed by atoms with Gasteiger partial charge in [-0.15, -0.1) is 0 Å². The second kappa shape index (κ2) is 7.31. The maximum Gasteiger partial charge on any atom is 0.330 e. The number of ketones is 1. The van der Waals surface area contributed by atoms with Gasteiger partial charge in [0, 0.05) is 11.6 Å². The highest BCUT2D eigenvalue weighted by Gasteiger charge is 2.04. The molecule has 112 valence electrons. The van der Waals surface area contributed by atoms with Crippen LogP contribution in [0.3, 0.4) is 0 Å². The Morgan fingerprint density at radius 2 is 1.50 bits per heavy atom. The van der Waals surface area contributed by atoms with Gasteiger partial charge in [-0.1, -0.05) is 36.4 Å². The average molecular weight is 298 g/mol. The maximum absolute atomic E-state index is 12.9. The van der Waals surface area contributed by atoms with Crippen LogP contribution >= 0.6 is 0 Å². The van der Waals surface area contributed by atoms with Gasteiger partial charge in [-0.25, -0.2) is 9.18 Å². The van der Waals surface area contributed by atoms with Crippen LogP contribution < -0.4 is 0 Å². The first-order valence-corrected chi connectivity index (χ1v) is 6.85. The van der Waals surface area contributed by atoms with Crippen LogP contribution in [0.4, 0.5) is 4.39 Å². The lowest BCUT2D eigenvalue weighted by Gasteiger charge is -2.03. The van der Waals surface area contributed by atoms with Crippen LogP contribution in [0.25, 0.3) is 11.1 Å². The van der Waals surface area contributed by atoms with Gasteiger partial charge in [0.2, 0.25) is 0 Å². The van der Waals surface area contributed by atoms with Crippen LogP contribution in [0, 0.1) is 5.82 Å². The molecule has 0 aliphatic carbocycles. The highest BCUT2D eigenvalue weighted by Crippen LogP contribution is 2.20. The lowest BCUT2D eigenvalue weighted by molar-refractivity contribution is -0.137. The number of carbonyl (C=O) groups excluding carboxylic acids is 2. The van der Waals surface area contributed by atoms with Crippen molar-refractivity contribution in [3.8, 4) is 11.1 Å². The van der Waals surface area contributed by atoms with E-state index in [1.807, 2.05) is 0 Å². The Labute approximate surface area is 128 Å². The number of ether oxygens (including phenoxy) is 1. The van der Waals surface area contributed by atoms with Gasteiger partial charge >= 0.3 is 5.97 Å². The van der Waals surface area contributed by atoms with Crippen molar-refractivity contribution in [2.24, 2.45) is 0 Å². The summed E-state index contributed by atoms with van der Waals surface area (Å²) in [6.45, 7) is 1.96. The van der Waals surface area contributed by atoms with Gasteiger partial charge in [0.05, 0.1) is 6.61 Å². The standard InChI is InChI=1S/C18H15FO3/c1-2-22-18(21)12-11-17(20)15-5-3-13(4-6-15)14-7-9-16(19)10-8-14/h3-12H,2H2,1H3. The maximum atomic E-state index is 12.9. The lowest BCUT2D eigenvalue weighted by Crippen LogP contribution is -2.01. The van der Waals surface area contributed by atoms with E-state index in [9.17, 15) is 14.0 Å². The molecule has 0 radical (unpaired) electrons. The fourth-order valence-corrected chi connectivity index (χ4v) is 1.90. The zero-order chi connectivity index (χ0) is 15.9. The van der Waals surface area contributed by atoms with Crippen LogP contribution in [0.2, 0.25) is 0 Å². The topological polar surface area (TPSA) is 43.4 Å². The van der Waals surface area contributed by atoms with Crippen molar-refractivity contribution in [2.45, 2.75) is 6.92 Å². The summed E-state index contributed by atoms with van der Waals surface area (Å²) < 4.78 is 17.6. The van der Waals surface area contributed by atoms with Gasteiger partial charge in [0.15, 0.2) is 5.78 Å². The van der Waals surface area contributed by atoms with Crippen LogP contribution in [-0.4, -0.2) is 18.4 Å². The largest absolute Gasteiger partial charge is 0.463 e. The molecule has 0 aliphatic rings. The van der Waals surface area contributed by atoms with Crippen molar-refractivity contribution in [3.05, 3.63) is 72.1 Å². The number of halogens is 1. The molecule has 4 heteroatoms. The second-order valence-corrected chi connectivity index (χ2v) is 4.53. The molecule has 2 aromatic carbocycles. The van der Waals surface area contributed by atoms with Crippen LogP contribution in [0.1, 0.15) is 17.3 Å². The summed E-state index contributed by atoms with van der Waals surface area (Å²) in [7, 11) is 0. The monoisotopic (exact) mass is 298 g/mol. The predicted molar refractivity (Wildman–Crippen MR) is 81.9 cm³/mol. The minimum Gasteiger partial charge on any atom is -0.463 e. The van der Waals surface area contributed by atoms with E-state index in [2.05, 4.69) is 0 Å². The van der Waals surface area contributed by atoms with E-state index in [1.165, 1.54) is 18.2 Å². The first kappa shape index (κ1) is 15.6. The second-order valence-electron chi connectivity index (χ2n) is 4.53. The van der Waals surface area contributed by atoms with Crippen molar-refractivity contribution in [1.29, 1.82) is 0 Å². The Balaban J connectivity index is 2.10. The molecule has 0 spiro atoms. The summed E-state index contributed by atoms with van der Waals surface area (Å²) in [5.74, 6) is -1.11. The molecule has 22 heavy (non-hydrogen) atoms. The Kier molecular flexibility index (Phi) is 5.20. The third-order valence-electron chi connectivity index (χ3n) is 3.00. The third-order valence-corrected chi connectivity index (χ3v) is 3.00. The Bertz CT molecular complexity index is 685. The zero-order valence-corrected chi connectivity index (χ0v) is 12.1. The van der Waals surface area contributed by atoms with Gasteiger partial charge in [-0.05, 0) is 36.3 Å². The molecular weight excluding hydrogens is 283 g/mol. The number of hydrogen-bond acceptors (Lipinski definition) is 3. The average Bonchev–Trinajstić information content (AvgIpc) is 2.54. The molecule has 0 saturated carbocycles. The van der Waals surface area contributed by atoms with Crippen molar-refractivity contribution in [3.63, 3.8) is 0 Å². The number of benzene rings is 2. The summed E-state index contributed by atoms with van der Waals surface area (Å²) in [6.07, 6.45) is 2.30. The van der Waals surface area contributed by atoms with Crippen molar-refractivity contribution >= 4 is 11.8 Å². The SMILES string of the molecule is CCOC(=O)C=CC(=O)c1ccc(-c2ccc(F)cc2)cc1. The molecule has 0 heterocycles. The molecular formula is C18H15FO3. The predicted octanol–water partition coefficient (Wildman–Crippen LogP) is 3.79. The Morgan fingerprint density at radius 1 is 0.955 bits per heavy atom. The van der Waals surface area contributed by atoms with Crippen molar-refractivity contribution in [1.82, 2.24) is 0 Å². The minimum absolute atomic E-state index is 0.268. The van der Waals surface area contributed by atoms with Gasteiger partial charge in [0.1, 0.15) is 5.82 Å². The number of rotatable bonds is 5. The van der Waals surface area contributed by atoms with Crippen LogP contribution in [-0.2, 0) is 9.53 Å². The summed E-state index contributed by atoms with van der Waals surface area (Å²) >= 11 is 0. The van der Waals surface area contributed by atoms with Gasteiger partial charge in [0.25, 0.3) is 0 Å². The summed E-state index contributed by atoms with van der Waals surface area (Å²) in [6, 6.07) is 13.0. The van der Waals surface area contributed by atoms with Gasteiger partial charge < -0.3 is 4.74 Å². The Morgan fingerprint density at radius 3 is 2.05 bits per heavy atom. The summed E-state index contributed by atoms with van der Waals surface area (Å²) in [5, 5.41) is 0. The highest BCUT2D eigenvalue weighted by molar-refractivity contribution is 6.07. The fraction of sp³-hybridized carbons (Fsp3) is 0.111. The molecule has 0 bridgehead atoms. The summed E-state index contributed by atoms with van der Waals surface area (Å²) in [5.41, 5.74) is 2.21. The smallest absolute Gasteiger partial charge is 0.330 e. The van der Waals surface area contributed by atoms with E-state index in [0.29, 0.717) is 5.56 Å². The normalized spacial score (nSPS) is 10.6. The molecule has 2 rings (SSSR count). The van der Waals surface area contributed by atoms with Crippen LogP contribution in [0.5, 0.6) is 0 Å². The van der Waals surface area contributed by atoms with E-state index in [-0.39, 0.29) is 18.2 Å². The minimum atomic E-state index is -0.543. The first-order valence-electron chi connectivity index (χ1n) is 6.85. The van der Waals surface area contributed by atoms with Gasteiger partial charge in [-0.2, -0.15) is 0 Å². The van der Waals surface area contributed by atoms with E-state index in [0.717, 1.165) is 17.2 Å². The molecule has 0 N–H and O–H groups in total. The molecule has 0 fully saturated rings. The Hall–Kier alpha value is -2.75. The lowest BCUT2D eigenvalue weighted by atomic mass is 10.0. The zero-order valence-electron chi connectivity index (χ0n) is 12.1. The summed E-state index contributed by atoms with van der Waals surface area (Å²) in [4.78, 5) is 23.1. The third kappa shape index (κ3) is 4.12. The molecule has 3 nitrogen and oxygen atoms in total. The quantitative estimate of drug-likeness (QED) is 0.479. The molecule has 0 saturated heterocycles. The fourth-order valence-electron chi connectivity index (χ4n) is 1.90. The molecule has 0 aliphatic heterocycles. The van der Waals surface area contributed by atoms with E-state index in [1.54, 1.807) is 43.3 Å². The number of carbonyl (C=O) groups is 2.